The van der Waals surface area contributed by atoms with E-state index in [1.165, 1.54) is 0 Å². The lowest BCUT2D eigenvalue weighted by atomic mass is 10.2. The lowest BCUT2D eigenvalue weighted by Gasteiger charge is -2.07. The highest BCUT2D eigenvalue weighted by Gasteiger charge is 2.16. The minimum Gasteiger partial charge on any atom is -0.460 e. The molecule has 0 atom stereocenters. The van der Waals surface area contributed by atoms with Gasteiger partial charge in [0.1, 0.15) is 0 Å². The molecule has 1 aromatic carbocycles. The van der Waals surface area contributed by atoms with E-state index in [9.17, 15) is 4.79 Å². The summed E-state index contributed by atoms with van der Waals surface area (Å²) < 4.78 is 6.61. The molecule has 19 heavy (non-hydrogen) atoms. The molecule has 0 radical (unpaired) electrons. The molecule has 0 aliphatic heterocycles. The van der Waals surface area contributed by atoms with E-state index in [2.05, 4.69) is 11.1 Å². The summed E-state index contributed by atoms with van der Waals surface area (Å²) in [7, 11) is 0. The first kappa shape index (κ1) is 12.8. The van der Waals surface area contributed by atoms with Crippen LogP contribution in [0, 0.1) is 18.3 Å². The van der Waals surface area contributed by atoms with Gasteiger partial charge in [-0.2, -0.15) is 5.26 Å². The van der Waals surface area contributed by atoms with Gasteiger partial charge in [0, 0.05) is 11.9 Å². The van der Waals surface area contributed by atoms with E-state index in [0.717, 1.165) is 0 Å². The van der Waals surface area contributed by atoms with Crippen molar-refractivity contribution in [3.8, 4) is 11.8 Å². The zero-order chi connectivity index (χ0) is 13.8. The highest BCUT2D eigenvalue weighted by molar-refractivity contribution is 5.86. The van der Waals surface area contributed by atoms with Crippen molar-refractivity contribution in [2.75, 3.05) is 6.61 Å². The van der Waals surface area contributed by atoms with Crippen molar-refractivity contribution in [3.63, 3.8) is 0 Å². The van der Waals surface area contributed by atoms with Crippen molar-refractivity contribution in [1.29, 1.82) is 5.26 Å². The Bertz CT molecular complexity index is 653. The van der Waals surface area contributed by atoms with Gasteiger partial charge in [-0.1, -0.05) is 6.07 Å². The molecular weight excluding hydrogens is 242 g/mol. The van der Waals surface area contributed by atoms with Crippen molar-refractivity contribution in [2.45, 2.75) is 13.8 Å². The maximum atomic E-state index is 11.8. The van der Waals surface area contributed by atoms with Crippen LogP contribution in [0.4, 0.5) is 0 Å². The van der Waals surface area contributed by atoms with Gasteiger partial charge >= 0.3 is 5.97 Å². The molecule has 5 heteroatoms. The van der Waals surface area contributed by atoms with Crippen LogP contribution in [0.15, 0.2) is 30.5 Å². The second-order valence-electron chi connectivity index (χ2n) is 3.96. The molecule has 96 valence electrons. The van der Waals surface area contributed by atoms with Gasteiger partial charge < -0.3 is 4.74 Å². The maximum absolute atomic E-state index is 11.8. The highest BCUT2D eigenvalue weighted by atomic mass is 16.5. The molecule has 2 rings (SSSR count). The van der Waals surface area contributed by atoms with E-state index in [0.29, 0.717) is 23.6 Å². The summed E-state index contributed by atoms with van der Waals surface area (Å²) >= 11 is 0. The van der Waals surface area contributed by atoms with Gasteiger partial charge in [0.05, 0.1) is 23.9 Å². The molecule has 1 aromatic heterocycles. The van der Waals surface area contributed by atoms with Crippen molar-refractivity contribution < 1.29 is 9.53 Å². The number of imidazole rings is 1. The SMILES string of the molecule is CCOC(=O)c1nc(C)cn1-c1cccc(C#N)c1. The normalized spacial score (nSPS) is 9.95. The summed E-state index contributed by atoms with van der Waals surface area (Å²) in [6.07, 6.45) is 1.74. The Kier molecular flexibility index (Phi) is 3.62. The number of carbonyl (C=O) groups excluding carboxylic acids is 1. The number of aromatic nitrogens is 2. The zero-order valence-electron chi connectivity index (χ0n) is 10.8. The van der Waals surface area contributed by atoms with E-state index in [1.807, 2.05) is 6.07 Å². The largest absolute Gasteiger partial charge is 0.460 e. The third-order valence-electron chi connectivity index (χ3n) is 2.54. The van der Waals surface area contributed by atoms with Gasteiger partial charge in [-0.15, -0.1) is 0 Å². The summed E-state index contributed by atoms with van der Waals surface area (Å²) in [5.74, 6) is -0.257. The Hall–Kier alpha value is -2.61. The fourth-order valence-corrected chi connectivity index (χ4v) is 1.76. The highest BCUT2D eigenvalue weighted by Crippen LogP contribution is 2.15. The summed E-state index contributed by atoms with van der Waals surface area (Å²) in [5, 5.41) is 8.91. The second-order valence-corrected chi connectivity index (χ2v) is 3.96. The minimum absolute atomic E-state index is 0.217. The zero-order valence-corrected chi connectivity index (χ0v) is 10.8. The van der Waals surface area contributed by atoms with Crippen LogP contribution in [0.25, 0.3) is 5.69 Å². The Morgan fingerprint density at radius 2 is 2.32 bits per heavy atom. The van der Waals surface area contributed by atoms with Crippen molar-refractivity contribution in [1.82, 2.24) is 9.55 Å². The van der Waals surface area contributed by atoms with Crippen molar-refractivity contribution in [3.05, 3.63) is 47.5 Å². The number of ether oxygens (including phenoxy) is 1. The van der Waals surface area contributed by atoms with Crippen LogP contribution in [-0.4, -0.2) is 22.1 Å². The number of esters is 1. The third-order valence-corrected chi connectivity index (χ3v) is 2.54. The fourth-order valence-electron chi connectivity index (χ4n) is 1.76. The number of nitriles is 1. The van der Waals surface area contributed by atoms with Crippen LogP contribution in [-0.2, 0) is 4.74 Å². The Morgan fingerprint density at radius 3 is 3.00 bits per heavy atom. The van der Waals surface area contributed by atoms with E-state index >= 15 is 0 Å². The van der Waals surface area contributed by atoms with Crippen LogP contribution in [0.3, 0.4) is 0 Å². The molecule has 0 bridgehead atoms. The molecule has 0 amide bonds. The second kappa shape index (κ2) is 5.36. The molecule has 0 unspecified atom stereocenters. The van der Waals surface area contributed by atoms with E-state index in [-0.39, 0.29) is 5.82 Å². The van der Waals surface area contributed by atoms with Gasteiger partial charge in [-0.25, -0.2) is 9.78 Å². The molecular formula is C14H13N3O2. The Labute approximate surface area is 111 Å². The summed E-state index contributed by atoms with van der Waals surface area (Å²) in [4.78, 5) is 16.0. The molecule has 1 heterocycles. The Balaban J connectivity index is 2.50. The number of nitrogens with zero attached hydrogens (tertiary/aromatic N) is 3. The number of rotatable bonds is 3. The molecule has 5 nitrogen and oxygen atoms in total. The maximum Gasteiger partial charge on any atom is 0.374 e. The van der Waals surface area contributed by atoms with Crippen molar-refractivity contribution in [2.24, 2.45) is 0 Å². The van der Waals surface area contributed by atoms with E-state index in [1.54, 1.807) is 42.8 Å². The lowest BCUT2D eigenvalue weighted by Crippen LogP contribution is -2.12. The first-order chi connectivity index (χ1) is 9.15. The molecule has 0 fully saturated rings. The smallest absolute Gasteiger partial charge is 0.374 e. The van der Waals surface area contributed by atoms with Crippen LogP contribution in [0.2, 0.25) is 0 Å². The molecule has 0 N–H and O–H groups in total. The van der Waals surface area contributed by atoms with Gasteiger partial charge in [0.15, 0.2) is 0 Å². The first-order valence-corrected chi connectivity index (χ1v) is 5.89. The Morgan fingerprint density at radius 1 is 1.53 bits per heavy atom. The number of hydrogen-bond acceptors (Lipinski definition) is 4. The van der Waals surface area contributed by atoms with Gasteiger partial charge in [-0.05, 0) is 32.0 Å². The molecule has 0 aliphatic rings. The quantitative estimate of drug-likeness (QED) is 0.789. The average Bonchev–Trinajstić information content (AvgIpc) is 2.81. The summed E-state index contributed by atoms with van der Waals surface area (Å²) in [6, 6.07) is 9.04. The van der Waals surface area contributed by atoms with Crippen LogP contribution in [0.5, 0.6) is 0 Å². The van der Waals surface area contributed by atoms with E-state index in [4.69, 9.17) is 10.00 Å². The summed E-state index contributed by atoms with van der Waals surface area (Å²) in [6.45, 7) is 3.84. The van der Waals surface area contributed by atoms with E-state index < -0.39 is 5.97 Å². The molecule has 0 aliphatic carbocycles. The molecule has 2 aromatic rings. The number of aryl methyl sites for hydroxylation is 1. The van der Waals surface area contributed by atoms with Crippen LogP contribution < -0.4 is 0 Å². The van der Waals surface area contributed by atoms with Crippen molar-refractivity contribution >= 4 is 5.97 Å². The molecule has 0 saturated carbocycles. The predicted molar refractivity (Wildman–Crippen MR) is 69.0 cm³/mol. The van der Waals surface area contributed by atoms with Gasteiger partial charge in [0.25, 0.3) is 0 Å². The monoisotopic (exact) mass is 255 g/mol. The first-order valence-electron chi connectivity index (χ1n) is 5.89. The van der Waals surface area contributed by atoms with Gasteiger partial charge in [0.2, 0.25) is 5.82 Å². The lowest BCUT2D eigenvalue weighted by molar-refractivity contribution is 0.0509. The number of carbonyl (C=O) groups is 1. The fraction of sp³-hybridized carbons (Fsp3) is 0.214. The summed E-state index contributed by atoms with van der Waals surface area (Å²) in [5.41, 5.74) is 1.95. The van der Waals surface area contributed by atoms with Crippen LogP contribution >= 0.6 is 0 Å². The van der Waals surface area contributed by atoms with Gasteiger partial charge in [-0.3, -0.25) is 4.57 Å². The molecule has 0 saturated heterocycles. The number of hydrogen-bond donors (Lipinski definition) is 0. The minimum atomic E-state index is -0.474. The average molecular weight is 255 g/mol. The third kappa shape index (κ3) is 2.63. The van der Waals surface area contributed by atoms with Crippen LogP contribution in [0.1, 0.15) is 28.8 Å². The number of benzene rings is 1. The topological polar surface area (TPSA) is 67.9 Å². The standard InChI is InChI=1S/C14H13N3O2/c1-3-19-14(18)13-16-10(2)9-17(13)12-6-4-5-11(7-12)8-15/h4-7,9H,3H2,1-2H3. The predicted octanol–water partition coefficient (Wildman–Crippen LogP) is 2.23. The molecule has 0 spiro atoms.